The summed E-state index contributed by atoms with van der Waals surface area (Å²) in [6, 6.07) is 0.386. The number of piperidine rings is 1. The van der Waals surface area contributed by atoms with E-state index in [0.29, 0.717) is 12.6 Å². The molecular weight excluding hydrogens is 192 g/mol. The number of urea groups is 1. The van der Waals surface area contributed by atoms with Crippen molar-refractivity contribution >= 4 is 6.03 Å². The van der Waals surface area contributed by atoms with E-state index in [1.165, 1.54) is 0 Å². The normalized spacial score (nSPS) is 30.1. The number of amides is 2. The molecule has 1 aliphatic heterocycles. The quantitative estimate of drug-likeness (QED) is 0.680. The van der Waals surface area contributed by atoms with Gasteiger partial charge in [0.25, 0.3) is 0 Å². The van der Waals surface area contributed by atoms with Crippen molar-refractivity contribution in [2.45, 2.75) is 45.3 Å². The molecule has 4 heteroatoms. The Balaban J connectivity index is 1.86. The van der Waals surface area contributed by atoms with Crippen LogP contribution in [0.25, 0.3) is 0 Å². The maximum atomic E-state index is 11.7. The zero-order valence-corrected chi connectivity index (χ0v) is 9.49. The maximum absolute atomic E-state index is 11.7. The lowest BCUT2D eigenvalue weighted by Crippen LogP contribution is -2.53. The molecule has 2 fully saturated rings. The Bertz CT molecular complexity index is 261. The first-order valence-corrected chi connectivity index (χ1v) is 5.72. The van der Waals surface area contributed by atoms with E-state index in [9.17, 15) is 9.90 Å². The third-order valence-corrected chi connectivity index (χ3v) is 3.51. The maximum Gasteiger partial charge on any atom is 0.317 e. The lowest BCUT2D eigenvalue weighted by Gasteiger charge is -2.41. The van der Waals surface area contributed by atoms with Crippen molar-refractivity contribution in [1.82, 2.24) is 10.2 Å². The number of nitrogens with one attached hydrogen (secondary N) is 1. The van der Waals surface area contributed by atoms with Gasteiger partial charge in [-0.2, -0.15) is 0 Å². The summed E-state index contributed by atoms with van der Waals surface area (Å²) in [5.41, 5.74) is -0.0592. The van der Waals surface area contributed by atoms with Crippen LogP contribution in [0.5, 0.6) is 0 Å². The van der Waals surface area contributed by atoms with Crippen LogP contribution in [0.1, 0.15) is 33.1 Å². The van der Waals surface area contributed by atoms with Crippen molar-refractivity contribution in [1.29, 1.82) is 0 Å². The molecule has 1 heterocycles. The van der Waals surface area contributed by atoms with Crippen molar-refractivity contribution in [2.24, 2.45) is 5.41 Å². The zero-order valence-electron chi connectivity index (χ0n) is 9.49. The van der Waals surface area contributed by atoms with Gasteiger partial charge in [-0.25, -0.2) is 4.79 Å². The molecule has 0 spiro atoms. The van der Waals surface area contributed by atoms with E-state index in [2.05, 4.69) is 5.32 Å². The minimum Gasteiger partial charge on any atom is -0.391 e. The van der Waals surface area contributed by atoms with Crippen molar-refractivity contribution < 1.29 is 9.90 Å². The van der Waals surface area contributed by atoms with Crippen molar-refractivity contribution in [3.05, 3.63) is 0 Å². The number of rotatable bonds is 1. The molecule has 1 atom stereocenters. The van der Waals surface area contributed by atoms with Gasteiger partial charge in [-0.15, -0.1) is 0 Å². The van der Waals surface area contributed by atoms with Crippen LogP contribution in [-0.4, -0.2) is 41.3 Å². The van der Waals surface area contributed by atoms with Gasteiger partial charge in [-0.3, -0.25) is 0 Å². The Hall–Kier alpha value is -0.770. The van der Waals surface area contributed by atoms with Crippen molar-refractivity contribution in [2.75, 3.05) is 13.1 Å². The van der Waals surface area contributed by atoms with E-state index < -0.39 is 6.10 Å². The van der Waals surface area contributed by atoms with Crippen molar-refractivity contribution in [3.63, 3.8) is 0 Å². The predicted molar refractivity (Wildman–Crippen MR) is 57.5 cm³/mol. The Kier molecular flexibility index (Phi) is 2.63. The van der Waals surface area contributed by atoms with Gasteiger partial charge >= 0.3 is 6.03 Å². The molecule has 0 radical (unpaired) electrons. The lowest BCUT2D eigenvalue weighted by molar-refractivity contribution is -0.0121. The predicted octanol–water partition coefficient (Wildman–Crippen LogP) is 0.951. The molecule has 0 aromatic rings. The van der Waals surface area contributed by atoms with E-state index in [0.717, 1.165) is 25.8 Å². The Morgan fingerprint density at radius 1 is 1.47 bits per heavy atom. The molecule has 1 unspecified atom stereocenters. The Morgan fingerprint density at radius 2 is 2.13 bits per heavy atom. The minimum absolute atomic E-state index is 0.00736. The molecule has 1 aliphatic carbocycles. The summed E-state index contributed by atoms with van der Waals surface area (Å²) >= 11 is 0. The van der Waals surface area contributed by atoms with Gasteiger partial charge in [0, 0.05) is 19.1 Å². The third kappa shape index (κ3) is 2.43. The van der Waals surface area contributed by atoms with Crippen LogP contribution in [0, 0.1) is 5.41 Å². The largest absolute Gasteiger partial charge is 0.391 e. The summed E-state index contributed by atoms with van der Waals surface area (Å²) in [6.45, 7) is 5.32. The second kappa shape index (κ2) is 3.67. The van der Waals surface area contributed by atoms with Gasteiger partial charge in [0.1, 0.15) is 0 Å². The van der Waals surface area contributed by atoms with Gasteiger partial charge in [-0.1, -0.05) is 13.8 Å². The average Bonchev–Trinajstić information content (AvgIpc) is 2.93. The lowest BCUT2D eigenvalue weighted by atomic mass is 9.80. The summed E-state index contributed by atoms with van der Waals surface area (Å²) in [6.07, 6.45) is 2.67. The molecule has 2 rings (SSSR count). The Labute approximate surface area is 90.6 Å². The van der Waals surface area contributed by atoms with Crippen LogP contribution < -0.4 is 5.32 Å². The highest BCUT2D eigenvalue weighted by Gasteiger charge is 2.36. The van der Waals surface area contributed by atoms with E-state index >= 15 is 0 Å². The number of carbonyl (C=O) groups is 1. The topological polar surface area (TPSA) is 52.6 Å². The molecule has 0 aromatic carbocycles. The van der Waals surface area contributed by atoms with E-state index in [1.807, 2.05) is 13.8 Å². The molecule has 2 amide bonds. The van der Waals surface area contributed by atoms with Crippen LogP contribution in [0.15, 0.2) is 0 Å². The number of likely N-dealkylation sites (tertiary alicyclic amines) is 1. The fourth-order valence-corrected chi connectivity index (χ4v) is 1.81. The van der Waals surface area contributed by atoms with E-state index in [-0.39, 0.29) is 11.4 Å². The van der Waals surface area contributed by atoms with Gasteiger partial charge in [0.15, 0.2) is 0 Å². The molecule has 0 aromatic heterocycles. The van der Waals surface area contributed by atoms with Gasteiger partial charge in [0.2, 0.25) is 0 Å². The first kappa shape index (κ1) is 10.7. The molecule has 4 nitrogen and oxygen atoms in total. The molecule has 1 saturated carbocycles. The number of aliphatic hydroxyl groups is 1. The fourth-order valence-electron chi connectivity index (χ4n) is 1.81. The van der Waals surface area contributed by atoms with Crippen LogP contribution in [0.3, 0.4) is 0 Å². The number of nitrogens with zero attached hydrogens (tertiary/aromatic N) is 1. The summed E-state index contributed by atoms with van der Waals surface area (Å²) < 4.78 is 0. The fraction of sp³-hybridized carbons (Fsp3) is 0.909. The third-order valence-electron chi connectivity index (χ3n) is 3.51. The number of hydrogen-bond donors (Lipinski definition) is 2. The van der Waals surface area contributed by atoms with Crippen molar-refractivity contribution in [3.8, 4) is 0 Å². The number of hydrogen-bond acceptors (Lipinski definition) is 2. The molecule has 0 bridgehead atoms. The van der Waals surface area contributed by atoms with E-state index in [4.69, 9.17) is 0 Å². The van der Waals surface area contributed by atoms with Crippen LogP contribution in [-0.2, 0) is 0 Å². The molecular formula is C11H20N2O2. The molecule has 86 valence electrons. The second-order valence-electron chi connectivity index (χ2n) is 5.42. The molecule has 15 heavy (non-hydrogen) atoms. The highest BCUT2D eigenvalue weighted by atomic mass is 16.3. The Morgan fingerprint density at radius 3 is 2.67 bits per heavy atom. The highest BCUT2D eigenvalue weighted by Crippen LogP contribution is 2.30. The number of β-amino-alcohol motifs (C(OH)–C–C–N with tert-alkyl or cyclic N) is 1. The minimum atomic E-state index is -0.406. The molecule has 2 aliphatic rings. The smallest absolute Gasteiger partial charge is 0.317 e. The zero-order chi connectivity index (χ0) is 11.1. The summed E-state index contributed by atoms with van der Waals surface area (Å²) in [4.78, 5) is 13.4. The SMILES string of the molecule is CC1(C)CCN(C(=O)NC2CC2)CC1O. The monoisotopic (exact) mass is 212 g/mol. The van der Waals surface area contributed by atoms with Crippen LogP contribution >= 0.6 is 0 Å². The van der Waals surface area contributed by atoms with E-state index in [1.54, 1.807) is 4.90 Å². The van der Waals surface area contributed by atoms with Crippen LogP contribution in [0.4, 0.5) is 4.79 Å². The molecule has 2 N–H and O–H groups in total. The number of carbonyl (C=O) groups excluding carboxylic acids is 1. The first-order valence-electron chi connectivity index (χ1n) is 5.72. The first-order chi connectivity index (χ1) is 6.99. The standard InChI is InChI=1S/C11H20N2O2/c1-11(2)5-6-13(7-9(11)14)10(15)12-8-3-4-8/h8-9,14H,3-7H2,1-2H3,(H,12,15). The van der Waals surface area contributed by atoms with Gasteiger partial charge in [-0.05, 0) is 24.7 Å². The van der Waals surface area contributed by atoms with Gasteiger partial charge < -0.3 is 15.3 Å². The highest BCUT2D eigenvalue weighted by molar-refractivity contribution is 5.75. The summed E-state index contributed by atoms with van der Waals surface area (Å²) in [7, 11) is 0. The van der Waals surface area contributed by atoms with Crippen LogP contribution in [0.2, 0.25) is 0 Å². The average molecular weight is 212 g/mol. The summed E-state index contributed by atoms with van der Waals surface area (Å²) in [5, 5.41) is 12.8. The van der Waals surface area contributed by atoms with Gasteiger partial charge in [0.05, 0.1) is 6.10 Å². The second-order valence-corrected chi connectivity index (χ2v) is 5.42. The number of aliphatic hydroxyl groups excluding tert-OH is 1. The summed E-state index contributed by atoms with van der Waals surface area (Å²) in [5.74, 6) is 0. The molecule has 1 saturated heterocycles.